The van der Waals surface area contributed by atoms with Crippen LogP contribution in [-0.4, -0.2) is 5.91 Å². The molecule has 0 fully saturated rings. The van der Waals surface area contributed by atoms with Crippen molar-refractivity contribution in [2.45, 2.75) is 47.6 Å². The van der Waals surface area contributed by atoms with Crippen LogP contribution < -0.4 is 5.32 Å². The van der Waals surface area contributed by atoms with E-state index in [4.69, 9.17) is 0 Å². The molecule has 1 atom stereocenters. The minimum absolute atomic E-state index is 0.00545. The van der Waals surface area contributed by atoms with Crippen LogP contribution in [0.3, 0.4) is 0 Å². The number of hydrogen-bond donors (Lipinski definition) is 1. The maximum Gasteiger partial charge on any atom is 0.252 e. The minimum atomic E-state index is -0.00641. The molecule has 2 rings (SSSR count). The zero-order valence-electron chi connectivity index (χ0n) is 14.4. The summed E-state index contributed by atoms with van der Waals surface area (Å²) in [6.45, 7) is 12.3. The Labute approximate surface area is 133 Å². The van der Waals surface area contributed by atoms with Crippen LogP contribution in [-0.2, 0) is 0 Å². The summed E-state index contributed by atoms with van der Waals surface area (Å²) in [5.74, 6) is -0.00641. The first-order chi connectivity index (χ1) is 10.3. The predicted octanol–water partition coefficient (Wildman–Crippen LogP) is 4.72. The van der Waals surface area contributed by atoms with Gasteiger partial charge in [0.2, 0.25) is 0 Å². The summed E-state index contributed by atoms with van der Waals surface area (Å²) in [5, 5.41) is 3.12. The van der Waals surface area contributed by atoms with Gasteiger partial charge in [-0.2, -0.15) is 0 Å². The van der Waals surface area contributed by atoms with Gasteiger partial charge in [-0.15, -0.1) is 0 Å². The van der Waals surface area contributed by atoms with Crippen LogP contribution in [0, 0.1) is 34.6 Å². The summed E-state index contributed by atoms with van der Waals surface area (Å²) in [7, 11) is 0. The zero-order valence-corrected chi connectivity index (χ0v) is 14.4. The van der Waals surface area contributed by atoms with E-state index in [2.05, 4.69) is 50.4 Å². The highest BCUT2D eigenvalue weighted by atomic mass is 16.1. The van der Waals surface area contributed by atoms with E-state index in [0.29, 0.717) is 0 Å². The third kappa shape index (κ3) is 3.38. The van der Waals surface area contributed by atoms with Crippen LogP contribution in [0.2, 0.25) is 0 Å². The fourth-order valence-corrected chi connectivity index (χ4v) is 2.87. The summed E-state index contributed by atoms with van der Waals surface area (Å²) >= 11 is 0. The van der Waals surface area contributed by atoms with Gasteiger partial charge in [0.1, 0.15) is 0 Å². The van der Waals surface area contributed by atoms with Crippen LogP contribution in [0.15, 0.2) is 30.3 Å². The normalized spacial score (nSPS) is 12.1. The van der Waals surface area contributed by atoms with Gasteiger partial charge < -0.3 is 5.32 Å². The molecule has 0 aliphatic carbocycles. The number of aryl methyl sites for hydroxylation is 5. The Morgan fingerprint density at radius 1 is 0.864 bits per heavy atom. The molecule has 1 N–H and O–H groups in total. The molecule has 0 bridgehead atoms. The molecule has 1 amide bonds. The molecular weight excluding hydrogens is 270 g/mol. The van der Waals surface area contributed by atoms with Crippen molar-refractivity contribution in [3.63, 3.8) is 0 Å². The maximum atomic E-state index is 12.6. The Morgan fingerprint density at radius 2 is 1.50 bits per heavy atom. The van der Waals surface area contributed by atoms with E-state index in [1.165, 1.54) is 22.3 Å². The summed E-state index contributed by atoms with van der Waals surface area (Å²) in [6, 6.07) is 10.4. The fourth-order valence-electron chi connectivity index (χ4n) is 2.87. The van der Waals surface area contributed by atoms with Gasteiger partial charge in [-0.05, 0) is 75.4 Å². The number of benzene rings is 2. The Hall–Kier alpha value is -2.09. The molecule has 2 aromatic rings. The average Bonchev–Trinajstić information content (AvgIpc) is 2.42. The van der Waals surface area contributed by atoms with Gasteiger partial charge in [0.25, 0.3) is 5.91 Å². The van der Waals surface area contributed by atoms with Gasteiger partial charge in [0, 0.05) is 5.56 Å². The van der Waals surface area contributed by atoms with E-state index in [9.17, 15) is 4.79 Å². The molecule has 0 saturated carbocycles. The van der Waals surface area contributed by atoms with E-state index < -0.39 is 0 Å². The van der Waals surface area contributed by atoms with Crippen molar-refractivity contribution in [3.05, 3.63) is 69.3 Å². The van der Waals surface area contributed by atoms with E-state index in [1.54, 1.807) is 0 Å². The Morgan fingerprint density at radius 3 is 2.14 bits per heavy atom. The molecule has 116 valence electrons. The van der Waals surface area contributed by atoms with Crippen molar-refractivity contribution < 1.29 is 4.79 Å². The standard InChI is InChI=1S/C20H25NO/c1-12-7-8-18(15(4)9-12)17(6)21-20(22)19-11-14(3)13(2)10-16(19)5/h7-11,17H,1-6H3,(H,21,22). The number of carbonyl (C=O) groups is 1. The first kappa shape index (κ1) is 16.3. The Balaban J connectivity index is 2.23. The smallest absolute Gasteiger partial charge is 0.252 e. The van der Waals surface area contributed by atoms with E-state index in [1.807, 2.05) is 26.8 Å². The first-order valence-corrected chi connectivity index (χ1v) is 7.75. The Kier molecular flexibility index (Phi) is 4.70. The van der Waals surface area contributed by atoms with Crippen molar-refractivity contribution in [1.82, 2.24) is 5.32 Å². The molecule has 0 aliphatic rings. The van der Waals surface area contributed by atoms with E-state index >= 15 is 0 Å². The van der Waals surface area contributed by atoms with Crippen molar-refractivity contribution in [2.75, 3.05) is 0 Å². The molecule has 0 spiro atoms. The van der Waals surface area contributed by atoms with Gasteiger partial charge in [0.05, 0.1) is 6.04 Å². The van der Waals surface area contributed by atoms with Crippen LogP contribution in [0.4, 0.5) is 0 Å². The monoisotopic (exact) mass is 295 g/mol. The lowest BCUT2D eigenvalue weighted by molar-refractivity contribution is 0.0939. The molecule has 1 unspecified atom stereocenters. The predicted molar refractivity (Wildman–Crippen MR) is 92.5 cm³/mol. The second kappa shape index (κ2) is 6.35. The third-order valence-corrected chi connectivity index (χ3v) is 4.32. The lowest BCUT2D eigenvalue weighted by atomic mass is 9.98. The molecule has 0 aromatic heterocycles. The summed E-state index contributed by atoms with van der Waals surface area (Å²) in [6.07, 6.45) is 0. The molecule has 0 radical (unpaired) electrons. The highest BCUT2D eigenvalue weighted by molar-refractivity contribution is 5.96. The minimum Gasteiger partial charge on any atom is -0.345 e. The third-order valence-electron chi connectivity index (χ3n) is 4.32. The van der Waals surface area contributed by atoms with Crippen LogP contribution in [0.25, 0.3) is 0 Å². The van der Waals surface area contributed by atoms with E-state index in [0.717, 1.165) is 16.7 Å². The van der Waals surface area contributed by atoms with Crippen LogP contribution >= 0.6 is 0 Å². The average molecular weight is 295 g/mol. The highest BCUT2D eigenvalue weighted by Gasteiger charge is 2.15. The van der Waals surface area contributed by atoms with E-state index in [-0.39, 0.29) is 11.9 Å². The maximum absolute atomic E-state index is 12.6. The van der Waals surface area contributed by atoms with Crippen molar-refractivity contribution in [2.24, 2.45) is 0 Å². The largest absolute Gasteiger partial charge is 0.345 e. The molecule has 0 heterocycles. The molecular formula is C20H25NO. The Bertz CT molecular complexity index is 716. The number of nitrogens with one attached hydrogen (secondary N) is 1. The van der Waals surface area contributed by atoms with Gasteiger partial charge in [-0.25, -0.2) is 0 Å². The van der Waals surface area contributed by atoms with Crippen LogP contribution in [0.5, 0.6) is 0 Å². The lowest BCUT2D eigenvalue weighted by Gasteiger charge is -2.18. The van der Waals surface area contributed by atoms with Crippen molar-refractivity contribution in [1.29, 1.82) is 0 Å². The van der Waals surface area contributed by atoms with Gasteiger partial charge in [-0.1, -0.05) is 29.8 Å². The van der Waals surface area contributed by atoms with Crippen LogP contribution in [0.1, 0.15) is 56.7 Å². The van der Waals surface area contributed by atoms with Crippen molar-refractivity contribution in [3.8, 4) is 0 Å². The number of hydrogen-bond acceptors (Lipinski definition) is 1. The molecule has 0 aliphatic heterocycles. The number of carbonyl (C=O) groups excluding carboxylic acids is 1. The number of amides is 1. The van der Waals surface area contributed by atoms with Gasteiger partial charge in [-0.3, -0.25) is 4.79 Å². The molecule has 22 heavy (non-hydrogen) atoms. The summed E-state index contributed by atoms with van der Waals surface area (Å²) in [5.41, 5.74) is 7.77. The SMILES string of the molecule is Cc1ccc(C(C)NC(=O)c2cc(C)c(C)cc2C)c(C)c1. The summed E-state index contributed by atoms with van der Waals surface area (Å²) in [4.78, 5) is 12.6. The molecule has 2 heteroatoms. The second-order valence-electron chi connectivity index (χ2n) is 6.31. The topological polar surface area (TPSA) is 29.1 Å². The zero-order chi connectivity index (χ0) is 16.4. The summed E-state index contributed by atoms with van der Waals surface area (Å²) < 4.78 is 0. The van der Waals surface area contributed by atoms with Crippen molar-refractivity contribution >= 4 is 5.91 Å². The number of rotatable bonds is 3. The van der Waals surface area contributed by atoms with Gasteiger partial charge >= 0.3 is 0 Å². The first-order valence-electron chi connectivity index (χ1n) is 7.75. The second-order valence-corrected chi connectivity index (χ2v) is 6.31. The fraction of sp³-hybridized carbons (Fsp3) is 0.350. The quantitative estimate of drug-likeness (QED) is 0.872. The lowest BCUT2D eigenvalue weighted by Crippen LogP contribution is -2.28. The highest BCUT2D eigenvalue weighted by Crippen LogP contribution is 2.20. The van der Waals surface area contributed by atoms with Gasteiger partial charge in [0.15, 0.2) is 0 Å². The molecule has 2 aromatic carbocycles. The molecule has 2 nitrogen and oxygen atoms in total. The molecule has 0 saturated heterocycles.